The molecule has 0 aromatic heterocycles. The number of methoxy groups -OCH3 is 3. The Morgan fingerprint density at radius 2 is 1.63 bits per heavy atom. The number of nitro groups is 1. The number of carbonyl (C=O) groups excluding carboxylic acids is 2. The van der Waals surface area contributed by atoms with E-state index < -0.39 is 22.5 Å². The summed E-state index contributed by atoms with van der Waals surface area (Å²) in [7, 11) is 3.92. The van der Waals surface area contributed by atoms with Gasteiger partial charge >= 0.3 is 5.97 Å². The summed E-state index contributed by atoms with van der Waals surface area (Å²) in [5.41, 5.74) is -0.434. The summed E-state index contributed by atoms with van der Waals surface area (Å²) in [4.78, 5) is 34.7. The van der Waals surface area contributed by atoms with E-state index in [-0.39, 0.29) is 27.6 Å². The van der Waals surface area contributed by atoms with Crippen molar-refractivity contribution in [1.29, 1.82) is 0 Å². The Hall–Kier alpha value is -3.33. The average Bonchev–Trinajstić information content (AvgIpc) is 2.67. The molecule has 0 heterocycles. The largest absolute Gasteiger partial charge is 0.495 e. The van der Waals surface area contributed by atoms with Gasteiger partial charge in [-0.25, -0.2) is 4.79 Å². The van der Waals surface area contributed by atoms with Gasteiger partial charge in [0.2, 0.25) is 0 Å². The van der Waals surface area contributed by atoms with Gasteiger partial charge in [0.1, 0.15) is 11.5 Å². The number of anilines is 1. The van der Waals surface area contributed by atoms with Crippen LogP contribution in [0.2, 0.25) is 5.02 Å². The quantitative estimate of drug-likeness (QED) is 0.453. The van der Waals surface area contributed by atoms with E-state index in [1.54, 1.807) is 0 Å². The van der Waals surface area contributed by atoms with Crippen molar-refractivity contribution in [3.63, 3.8) is 0 Å². The molecule has 0 unspecified atom stereocenters. The van der Waals surface area contributed by atoms with Gasteiger partial charge in [0.25, 0.3) is 11.6 Å². The minimum Gasteiger partial charge on any atom is -0.495 e. The minimum absolute atomic E-state index is 0.111. The average molecular weight is 395 g/mol. The maximum atomic E-state index is 12.6. The Morgan fingerprint density at radius 1 is 1.00 bits per heavy atom. The lowest BCUT2D eigenvalue weighted by molar-refractivity contribution is -0.384. The molecule has 27 heavy (non-hydrogen) atoms. The van der Waals surface area contributed by atoms with Gasteiger partial charge in [-0.2, -0.15) is 0 Å². The second-order valence-electron chi connectivity index (χ2n) is 5.16. The van der Waals surface area contributed by atoms with E-state index in [2.05, 4.69) is 10.1 Å². The number of halogens is 1. The van der Waals surface area contributed by atoms with Crippen molar-refractivity contribution in [2.75, 3.05) is 26.6 Å². The third kappa shape index (κ3) is 4.45. The fraction of sp³-hybridized carbons (Fsp3) is 0.176. The van der Waals surface area contributed by atoms with Crippen LogP contribution in [0.5, 0.6) is 11.5 Å². The Labute approximate surface area is 158 Å². The van der Waals surface area contributed by atoms with Crippen LogP contribution in [0, 0.1) is 10.1 Å². The van der Waals surface area contributed by atoms with Gasteiger partial charge in [-0.3, -0.25) is 14.9 Å². The summed E-state index contributed by atoms with van der Waals surface area (Å²) >= 11 is 6.02. The third-order valence-corrected chi connectivity index (χ3v) is 3.83. The number of amides is 1. The summed E-state index contributed by atoms with van der Waals surface area (Å²) in [6.45, 7) is 0. The van der Waals surface area contributed by atoms with Crippen molar-refractivity contribution in [3.05, 3.63) is 56.6 Å². The summed E-state index contributed by atoms with van der Waals surface area (Å²) in [6, 6.07) is 6.14. The minimum atomic E-state index is -0.807. The van der Waals surface area contributed by atoms with E-state index >= 15 is 0 Å². The Balaban J connectivity index is 2.45. The zero-order valence-electron chi connectivity index (χ0n) is 14.6. The fourth-order valence-electron chi connectivity index (χ4n) is 2.24. The van der Waals surface area contributed by atoms with Gasteiger partial charge in [-0.15, -0.1) is 0 Å². The topological polar surface area (TPSA) is 117 Å². The van der Waals surface area contributed by atoms with Crippen molar-refractivity contribution in [3.8, 4) is 11.5 Å². The number of nitrogens with zero attached hydrogens (tertiary/aromatic N) is 1. The summed E-state index contributed by atoms with van der Waals surface area (Å²) in [5, 5.41) is 13.9. The van der Waals surface area contributed by atoms with E-state index in [1.165, 1.54) is 32.4 Å². The second kappa shape index (κ2) is 8.37. The number of carbonyl (C=O) groups is 2. The summed E-state index contributed by atoms with van der Waals surface area (Å²) < 4.78 is 14.8. The number of rotatable bonds is 6. The molecular weight excluding hydrogens is 380 g/mol. The first kappa shape index (κ1) is 20.0. The van der Waals surface area contributed by atoms with Crippen molar-refractivity contribution < 1.29 is 28.7 Å². The highest BCUT2D eigenvalue weighted by atomic mass is 35.5. The monoisotopic (exact) mass is 394 g/mol. The van der Waals surface area contributed by atoms with Gasteiger partial charge in [0, 0.05) is 29.8 Å². The predicted molar refractivity (Wildman–Crippen MR) is 96.9 cm³/mol. The lowest BCUT2D eigenvalue weighted by Crippen LogP contribution is -2.14. The molecule has 1 N–H and O–H groups in total. The second-order valence-corrected chi connectivity index (χ2v) is 5.57. The normalized spacial score (nSPS) is 10.1. The molecule has 1 amide bonds. The van der Waals surface area contributed by atoms with Gasteiger partial charge < -0.3 is 19.5 Å². The van der Waals surface area contributed by atoms with Crippen molar-refractivity contribution in [2.45, 2.75) is 0 Å². The zero-order chi connectivity index (χ0) is 20.1. The van der Waals surface area contributed by atoms with Crippen molar-refractivity contribution >= 4 is 34.9 Å². The highest BCUT2D eigenvalue weighted by molar-refractivity contribution is 6.32. The van der Waals surface area contributed by atoms with Gasteiger partial charge in [-0.05, 0) is 6.07 Å². The molecule has 0 bridgehead atoms. The third-order valence-electron chi connectivity index (χ3n) is 3.53. The van der Waals surface area contributed by atoms with Crippen LogP contribution in [-0.4, -0.2) is 38.1 Å². The predicted octanol–water partition coefficient (Wildman–Crippen LogP) is 3.30. The van der Waals surface area contributed by atoms with Crippen LogP contribution in [0.25, 0.3) is 0 Å². The molecule has 9 nitrogen and oxygen atoms in total. The van der Waals surface area contributed by atoms with Crippen LogP contribution in [0.3, 0.4) is 0 Å². The molecule has 2 aromatic rings. The van der Waals surface area contributed by atoms with Crippen LogP contribution in [0.1, 0.15) is 20.7 Å². The van der Waals surface area contributed by atoms with E-state index in [9.17, 15) is 19.7 Å². The van der Waals surface area contributed by atoms with Crippen molar-refractivity contribution in [1.82, 2.24) is 0 Å². The SMILES string of the molecule is COC(=O)c1cc(C(=O)Nc2cc(OC)c(Cl)cc2OC)cc([N+](=O)[O-])c1. The maximum Gasteiger partial charge on any atom is 0.338 e. The standard InChI is InChI=1S/C17H15ClN2O7/c1-25-14-8-13(15(26-2)7-12(14)18)19-16(21)9-4-10(17(22)27-3)6-11(5-9)20(23)24/h4-8H,1-3H3,(H,19,21). The lowest BCUT2D eigenvalue weighted by atomic mass is 10.1. The fourth-order valence-corrected chi connectivity index (χ4v) is 2.47. The molecular formula is C17H15ClN2O7. The Kier molecular flexibility index (Phi) is 6.19. The number of benzene rings is 2. The molecule has 0 atom stereocenters. The number of hydrogen-bond donors (Lipinski definition) is 1. The van der Waals surface area contributed by atoms with E-state index in [0.29, 0.717) is 5.75 Å². The molecule has 0 spiro atoms. The molecule has 0 radical (unpaired) electrons. The smallest absolute Gasteiger partial charge is 0.338 e. The molecule has 2 aromatic carbocycles. The number of esters is 1. The molecule has 142 valence electrons. The van der Waals surface area contributed by atoms with Crippen LogP contribution in [-0.2, 0) is 4.74 Å². The van der Waals surface area contributed by atoms with Crippen LogP contribution < -0.4 is 14.8 Å². The van der Waals surface area contributed by atoms with Crippen LogP contribution >= 0.6 is 11.6 Å². The zero-order valence-corrected chi connectivity index (χ0v) is 15.3. The molecule has 0 saturated heterocycles. The first-order valence-corrected chi connectivity index (χ1v) is 7.79. The number of ether oxygens (including phenoxy) is 3. The molecule has 0 aliphatic carbocycles. The number of nitrogens with one attached hydrogen (secondary N) is 1. The van der Waals surface area contributed by atoms with Gasteiger partial charge in [0.15, 0.2) is 0 Å². The molecule has 0 saturated carbocycles. The van der Waals surface area contributed by atoms with E-state index in [0.717, 1.165) is 19.2 Å². The summed E-state index contributed by atoms with van der Waals surface area (Å²) in [5.74, 6) is -0.958. The van der Waals surface area contributed by atoms with Gasteiger partial charge in [0.05, 0.1) is 42.5 Å². The first-order valence-electron chi connectivity index (χ1n) is 7.41. The molecule has 2 rings (SSSR count). The van der Waals surface area contributed by atoms with Crippen LogP contribution in [0.15, 0.2) is 30.3 Å². The number of hydrogen-bond acceptors (Lipinski definition) is 7. The van der Waals surface area contributed by atoms with Crippen molar-refractivity contribution in [2.24, 2.45) is 0 Å². The summed E-state index contributed by atoms with van der Waals surface area (Å²) in [6.07, 6.45) is 0. The maximum absolute atomic E-state index is 12.6. The highest BCUT2D eigenvalue weighted by Crippen LogP contribution is 2.36. The Bertz CT molecular complexity index is 914. The molecule has 10 heteroatoms. The molecule has 0 fully saturated rings. The molecule has 0 aliphatic heterocycles. The Morgan fingerprint density at radius 3 is 2.19 bits per heavy atom. The molecule has 0 aliphatic rings. The van der Waals surface area contributed by atoms with E-state index in [4.69, 9.17) is 21.1 Å². The number of non-ortho nitro benzene ring substituents is 1. The van der Waals surface area contributed by atoms with Crippen LogP contribution in [0.4, 0.5) is 11.4 Å². The number of nitro benzene ring substituents is 1. The highest BCUT2D eigenvalue weighted by Gasteiger charge is 2.20. The van der Waals surface area contributed by atoms with E-state index in [1.807, 2.05) is 0 Å². The lowest BCUT2D eigenvalue weighted by Gasteiger charge is -2.13. The van der Waals surface area contributed by atoms with Gasteiger partial charge in [-0.1, -0.05) is 11.6 Å². The first-order chi connectivity index (χ1) is 12.8.